The van der Waals surface area contributed by atoms with Gasteiger partial charge in [0.05, 0.1) is 18.3 Å². The molecule has 27 heavy (non-hydrogen) atoms. The quantitative estimate of drug-likeness (QED) is 0.798. The van der Waals surface area contributed by atoms with E-state index < -0.39 is 28.2 Å². The molecule has 0 bridgehead atoms. The lowest BCUT2D eigenvalue weighted by Crippen LogP contribution is -2.29. The number of carbonyl (C=O) groups excluding carboxylic acids is 4. The monoisotopic (exact) mass is 378 g/mol. The highest BCUT2D eigenvalue weighted by atomic mass is 35.5. The molecule has 5 nitrogen and oxygen atoms in total. The van der Waals surface area contributed by atoms with E-state index in [1.54, 1.807) is 24.3 Å². The summed E-state index contributed by atoms with van der Waals surface area (Å²) in [4.78, 5) is 51.6. The van der Waals surface area contributed by atoms with Gasteiger partial charge in [-0.1, -0.05) is 60.1 Å². The zero-order valence-electron chi connectivity index (χ0n) is 14.0. The summed E-state index contributed by atoms with van der Waals surface area (Å²) >= 11 is 6.21. The van der Waals surface area contributed by atoms with Crippen LogP contribution in [0.3, 0.4) is 0 Å². The Hall–Kier alpha value is -3.31. The Morgan fingerprint density at radius 1 is 0.630 bits per heavy atom. The Morgan fingerprint density at radius 3 is 1.52 bits per heavy atom. The molecule has 0 N–H and O–H groups in total. The van der Waals surface area contributed by atoms with Gasteiger partial charge in [0.2, 0.25) is 11.6 Å². The molecule has 4 rings (SSSR count). The first-order valence-corrected chi connectivity index (χ1v) is 8.40. The number of carbonyl (C=O) groups is 4. The van der Waals surface area contributed by atoms with Crippen molar-refractivity contribution >= 4 is 34.7 Å². The van der Waals surface area contributed by atoms with Crippen LogP contribution in [-0.2, 0) is 4.74 Å². The summed E-state index contributed by atoms with van der Waals surface area (Å²) < 4.78 is 5.17. The second-order valence-electron chi connectivity index (χ2n) is 6.00. The van der Waals surface area contributed by atoms with Crippen LogP contribution in [-0.4, -0.2) is 30.2 Å². The summed E-state index contributed by atoms with van der Waals surface area (Å²) in [6.45, 7) is 0. The zero-order chi connectivity index (χ0) is 19.3. The van der Waals surface area contributed by atoms with Crippen LogP contribution in [0.2, 0.25) is 0 Å². The topological polar surface area (TPSA) is 77.5 Å². The highest BCUT2D eigenvalue weighted by Crippen LogP contribution is 2.38. The molecule has 0 atom stereocenters. The summed E-state index contributed by atoms with van der Waals surface area (Å²) in [5.41, 5.74) is 0.0167. The van der Waals surface area contributed by atoms with Crippen molar-refractivity contribution in [2.45, 2.75) is 0 Å². The highest BCUT2D eigenvalue weighted by Gasteiger charge is 2.41. The van der Waals surface area contributed by atoms with Gasteiger partial charge in [-0.05, 0) is 0 Å². The molecule has 2 aliphatic carbocycles. The minimum Gasteiger partial charge on any atom is -0.492 e. The van der Waals surface area contributed by atoms with E-state index in [9.17, 15) is 19.2 Å². The Morgan fingerprint density at radius 2 is 1.04 bits per heavy atom. The fraction of sp³-hybridized carbons (Fsp3) is 0.0476. The summed E-state index contributed by atoms with van der Waals surface area (Å²) in [6, 6.07) is 12.4. The largest absolute Gasteiger partial charge is 0.492 e. The predicted molar refractivity (Wildman–Crippen MR) is 97.1 cm³/mol. The number of fused-ring (bicyclic) bond motifs is 2. The number of benzene rings is 2. The molecule has 0 saturated carbocycles. The van der Waals surface area contributed by atoms with Gasteiger partial charge in [-0.15, -0.1) is 0 Å². The third kappa shape index (κ3) is 2.32. The molecule has 0 fully saturated rings. The molecule has 0 unspecified atom stereocenters. The molecule has 0 amide bonds. The van der Waals surface area contributed by atoms with Crippen molar-refractivity contribution in [3.63, 3.8) is 0 Å². The van der Waals surface area contributed by atoms with Gasteiger partial charge in [-0.25, -0.2) is 0 Å². The van der Waals surface area contributed by atoms with Gasteiger partial charge < -0.3 is 4.74 Å². The number of allylic oxidation sites excluding steroid dienone is 4. The number of hydrogen-bond acceptors (Lipinski definition) is 5. The van der Waals surface area contributed by atoms with E-state index >= 15 is 0 Å². The third-order valence-corrected chi connectivity index (χ3v) is 4.95. The minimum absolute atomic E-state index is 0.129. The fourth-order valence-electron chi connectivity index (χ4n) is 3.34. The number of Topliss-reactive ketones (excluding diaryl/α,β-unsaturated/α-hetero) is 4. The molecule has 0 spiro atoms. The van der Waals surface area contributed by atoms with Crippen LogP contribution in [0.15, 0.2) is 70.5 Å². The van der Waals surface area contributed by atoms with Gasteiger partial charge in [0.15, 0.2) is 17.3 Å². The Kier molecular flexibility index (Phi) is 3.89. The third-order valence-electron chi connectivity index (χ3n) is 4.59. The maximum Gasteiger partial charge on any atom is 0.229 e. The van der Waals surface area contributed by atoms with Crippen LogP contribution in [0.5, 0.6) is 0 Å². The molecule has 2 aliphatic rings. The SMILES string of the molecule is COC1=C(C2=C(Cl)C(=O)c3ccccc3C2=O)C(=O)c2ccccc2C1=O. The van der Waals surface area contributed by atoms with Crippen molar-refractivity contribution in [2.24, 2.45) is 0 Å². The molecule has 132 valence electrons. The Balaban J connectivity index is 2.01. The maximum atomic E-state index is 13.1. The Labute approximate surface area is 158 Å². The van der Waals surface area contributed by atoms with E-state index in [4.69, 9.17) is 16.3 Å². The normalized spacial score (nSPS) is 16.5. The van der Waals surface area contributed by atoms with Crippen molar-refractivity contribution in [1.29, 1.82) is 0 Å². The number of ether oxygens (including phenoxy) is 1. The average molecular weight is 379 g/mol. The van der Waals surface area contributed by atoms with Crippen LogP contribution in [0.1, 0.15) is 41.4 Å². The molecule has 0 heterocycles. The van der Waals surface area contributed by atoms with Crippen molar-refractivity contribution < 1.29 is 23.9 Å². The number of methoxy groups -OCH3 is 1. The first kappa shape index (κ1) is 17.1. The standard InChI is InChI=1S/C21H11ClO5/c1-27-21-15(18(24)11-7-3-5-9-13(11)20(21)26)14-16(22)19(25)12-8-4-2-6-10(12)17(14)23/h2-9H,1H3. The summed E-state index contributed by atoms with van der Waals surface area (Å²) in [5.74, 6) is -2.61. The summed E-state index contributed by atoms with van der Waals surface area (Å²) in [6.07, 6.45) is 0. The molecule has 0 aliphatic heterocycles. The van der Waals surface area contributed by atoms with Gasteiger partial charge in [0, 0.05) is 22.3 Å². The van der Waals surface area contributed by atoms with Gasteiger partial charge >= 0.3 is 0 Å². The van der Waals surface area contributed by atoms with Crippen LogP contribution in [0, 0.1) is 0 Å². The predicted octanol–water partition coefficient (Wildman–Crippen LogP) is 3.54. The van der Waals surface area contributed by atoms with E-state index in [1.165, 1.54) is 31.4 Å². The molecule has 0 saturated heterocycles. The van der Waals surface area contributed by atoms with Gasteiger partial charge in [0.1, 0.15) is 5.03 Å². The molecule has 6 heteroatoms. The molecule has 0 aromatic heterocycles. The van der Waals surface area contributed by atoms with Crippen molar-refractivity contribution in [3.8, 4) is 0 Å². The van der Waals surface area contributed by atoms with E-state index in [1.807, 2.05) is 0 Å². The molecule has 2 aromatic rings. The Bertz CT molecular complexity index is 1140. The number of hydrogen-bond donors (Lipinski definition) is 0. The van der Waals surface area contributed by atoms with E-state index in [2.05, 4.69) is 0 Å². The van der Waals surface area contributed by atoms with E-state index in [0.717, 1.165) is 0 Å². The van der Waals surface area contributed by atoms with E-state index in [0.29, 0.717) is 0 Å². The van der Waals surface area contributed by atoms with Crippen molar-refractivity contribution in [2.75, 3.05) is 7.11 Å². The van der Waals surface area contributed by atoms with Crippen LogP contribution in [0.4, 0.5) is 0 Å². The van der Waals surface area contributed by atoms with Crippen LogP contribution >= 0.6 is 11.6 Å². The second kappa shape index (κ2) is 6.14. The molecular formula is C21H11ClO5. The summed E-state index contributed by atoms with van der Waals surface area (Å²) in [5, 5.41) is -0.399. The van der Waals surface area contributed by atoms with Crippen LogP contribution in [0.25, 0.3) is 0 Å². The first-order valence-electron chi connectivity index (χ1n) is 8.02. The number of rotatable bonds is 2. The van der Waals surface area contributed by atoms with Crippen molar-refractivity contribution in [1.82, 2.24) is 0 Å². The number of halogens is 1. The maximum absolute atomic E-state index is 13.1. The van der Waals surface area contributed by atoms with Gasteiger partial charge in [0.25, 0.3) is 0 Å². The smallest absolute Gasteiger partial charge is 0.229 e. The molecule has 0 radical (unpaired) electrons. The fourth-order valence-corrected chi connectivity index (χ4v) is 3.63. The number of ketones is 4. The minimum atomic E-state index is -0.597. The lowest BCUT2D eigenvalue weighted by Gasteiger charge is -2.24. The summed E-state index contributed by atoms with van der Waals surface area (Å²) in [7, 11) is 1.23. The van der Waals surface area contributed by atoms with Gasteiger partial charge in [-0.2, -0.15) is 0 Å². The van der Waals surface area contributed by atoms with E-state index in [-0.39, 0.29) is 39.2 Å². The second-order valence-corrected chi connectivity index (χ2v) is 6.38. The first-order chi connectivity index (χ1) is 13.0. The van der Waals surface area contributed by atoms with Gasteiger partial charge in [-0.3, -0.25) is 19.2 Å². The average Bonchev–Trinajstić information content (AvgIpc) is 2.70. The molecular weight excluding hydrogens is 368 g/mol. The zero-order valence-corrected chi connectivity index (χ0v) is 14.8. The van der Waals surface area contributed by atoms with Crippen LogP contribution < -0.4 is 0 Å². The highest BCUT2D eigenvalue weighted by molar-refractivity contribution is 6.52. The lowest BCUT2D eigenvalue weighted by atomic mass is 9.79. The molecule has 2 aromatic carbocycles. The lowest BCUT2D eigenvalue weighted by molar-refractivity contribution is 0.0901. The van der Waals surface area contributed by atoms with Crippen molar-refractivity contribution in [3.05, 3.63) is 92.7 Å².